The Morgan fingerprint density at radius 2 is 2.06 bits per heavy atom. The Kier molecular flexibility index (Phi) is 3.89. The van der Waals surface area contributed by atoms with Gasteiger partial charge in [-0.3, -0.25) is 4.98 Å². The second-order valence-corrected chi connectivity index (χ2v) is 4.32. The van der Waals surface area contributed by atoms with Gasteiger partial charge in [-0.1, -0.05) is 35.9 Å². The molecule has 88 valence electrons. The van der Waals surface area contributed by atoms with Crippen molar-refractivity contribution in [2.75, 3.05) is 6.61 Å². The molecule has 2 nitrogen and oxygen atoms in total. The Balaban J connectivity index is 2.17. The molecule has 17 heavy (non-hydrogen) atoms. The number of aromatic nitrogens is 1. The third-order valence-electron chi connectivity index (χ3n) is 2.92. The number of hydrogen-bond acceptors (Lipinski definition) is 2. The fourth-order valence-electron chi connectivity index (χ4n) is 1.98. The van der Waals surface area contributed by atoms with Crippen LogP contribution in [-0.4, -0.2) is 16.7 Å². The standard InChI is InChI=1S/C15H17NO/c1-12-5-4-6-13(9-12)14(11-17)10-15-7-2-3-8-16-15/h2-9,14,17H,10-11H2,1H3. The molecule has 0 bridgehead atoms. The summed E-state index contributed by atoms with van der Waals surface area (Å²) in [5, 5.41) is 9.50. The number of pyridine rings is 1. The zero-order chi connectivity index (χ0) is 12.1. The van der Waals surface area contributed by atoms with Crippen molar-refractivity contribution in [3.05, 3.63) is 65.5 Å². The zero-order valence-electron chi connectivity index (χ0n) is 10.0. The summed E-state index contributed by atoms with van der Waals surface area (Å²) in [6.45, 7) is 2.22. The second kappa shape index (κ2) is 5.60. The van der Waals surface area contributed by atoms with E-state index in [1.807, 2.05) is 24.3 Å². The van der Waals surface area contributed by atoms with Crippen LogP contribution in [-0.2, 0) is 6.42 Å². The van der Waals surface area contributed by atoms with Gasteiger partial charge < -0.3 is 5.11 Å². The molecule has 0 aliphatic heterocycles. The van der Waals surface area contributed by atoms with Gasteiger partial charge in [0.05, 0.1) is 6.61 Å². The first-order chi connectivity index (χ1) is 8.29. The molecule has 1 heterocycles. The first-order valence-corrected chi connectivity index (χ1v) is 5.87. The molecule has 0 spiro atoms. The van der Waals surface area contributed by atoms with E-state index in [4.69, 9.17) is 0 Å². The molecule has 0 aliphatic carbocycles. The maximum absolute atomic E-state index is 9.50. The average Bonchev–Trinajstić information content (AvgIpc) is 2.37. The van der Waals surface area contributed by atoms with E-state index in [0.29, 0.717) is 0 Å². The number of hydrogen-bond donors (Lipinski definition) is 1. The molecule has 2 heteroatoms. The van der Waals surface area contributed by atoms with Gasteiger partial charge in [-0.05, 0) is 31.0 Å². The van der Waals surface area contributed by atoms with Gasteiger partial charge in [0, 0.05) is 17.8 Å². The molecule has 1 N–H and O–H groups in total. The minimum absolute atomic E-state index is 0.129. The third-order valence-corrected chi connectivity index (χ3v) is 2.92. The summed E-state index contributed by atoms with van der Waals surface area (Å²) in [5.41, 5.74) is 3.42. The molecular weight excluding hydrogens is 210 g/mol. The van der Waals surface area contributed by atoms with Crippen molar-refractivity contribution in [1.29, 1.82) is 0 Å². The molecule has 0 saturated heterocycles. The predicted molar refractivity (Wildman–Crippen MR) is 68.9 cm³/mol. The van der Waals surface area contributed by atoms with Gasteiger partial charge in [0.2, 0.25) is 0 Å². The minimum Gasteiger partial charge on any atom is -0.396 e. The summed E-state index contributed by atoms with van der Waals surface area (Å²) in [6, 6.07) is 14.2. The minimum atomic E-state index is 0.129. The van der Waals surface area contributed by atoms with Crippen LogP contribution in [0.2, 0.25) is 0 Å². The maximum Gasteiger partial charge on any atom is 0.0503 e. The van der Waals surface area contributed by atoms with E-state index in [0.717, 1.165) is 12.1 Å². The van der Waals surface area contributed by atoms with Crippen molar-refractivity contribution in [3.63, 3.8) is 0 Å². The van der Waals surface area contributed by atoms with Crippen molar-refractivity contribution in [2.24, 2.45) is 0 Å². The first-order valence-electron chi connectivity index (χ1n) is 5.87. The van der Waals surface area contributed by atoms with Crippen LogP contribution in [0.4, 0.5) is 0 Å². The van der Waals surface area contributed by atoms with Gasteiger partial charge in [-0.15, -0.1) is 0 Å². The van der Waals surface area contributed by atoms with Crippen LogP contribution in [0.1, 0.15) is 22.7 Å². The summed E-state index contributed by atoms with van der Waals surface area (Å²) >= 11 is 0. The van der Waals surface area contributed by atoms with Gasteiger partial charge in [-0.2, -0.15) is 0 Å². The van der Waals surface area contributed by atoms with E-state index in [1.165, 1.54) is 11.1 Å². The van der Waals surface area contributed by atoms with Crippen LogP contribution in [0.3, 0.4) is 0 Å². The van der Waals surface area contributed by atoms with E-state index in [2.05, 4.69) is 30.1 Å². The van der Waals surface area contributed by atoms with Gasteiger partial charge in [0.1, 0.15) is 0 Å². The molecule has 2 aromatic rings. The lowest BCUT2D eigenvalue weighted by atomic mass is 9.94. The summed E-state index contributed by atoms with van der Waals surface area (Å²) in [4.78, 5) is 4.30. The number of aryl methyl sites for hydroxylation is 1. The normalized spacial score (nSPS) is 12.4. The van der Waals surface area contributed by atoms with Crippen LogP contribution in [0.25, 0.3) is 0 Å². The van der Waals surface area contributed by atoms with Crippen molar-refractivity contribution in [2.45, 2.75) is 19.3 Å². The quantitative estimate of drug-likeness (QED) is 0.871. The van der Waals surface area contributed by atoms with E-state index in [-0.39, 0.29) is 12.5 Å². The van der Waals surface area contributed by atoms with E-state index < -0.39 is 0 Å². The lowest BCUT2D eigenvalue weighted by Gasteiger charge is -2.14. The lowest BCUT2D eigenvalue weighted by Crippen LogP contribution is -2.08. The molecule has 0 radical (unpaired) electrons. The highest BCUT2D eigenvalue weighted by molar-refractivity contribution is 5.26. The van der Waals surface area contributed by atoms with Crippen molar-refractivity contribution < 1.29 is 5.11 Å². The van der Waals surface area contributed by atoms with Crippen LogP contribution in [0.5, 0.6) is 0 Å². The van der Waals surface area contributed by atoms with Crippen LogP contribution in [0.15, 0.2) is 48.7 Å². The third kappa shape index (κ3) is 3.14. The molecule has 0 aliphatic rings. The van der Waals surface area contributed by atoms with E-state index in [9.17, 15) is 5.11 Å². The molecule has 2 rings (SSSR count). The highest BCUT2D eigenvalue weighted by Gasteiger charge is 2.11. The van der Waals surface area contributed by atoms with Gasteiger partial charge in [-0.25, -0.2) is 0 Å². The number of rotatable bonds is 4. The Bertz CT molecular complexity index is 467. The monoisotopic (exact) mass is 227 g/mol. The summed E-state index contributed by atoms with van der Waals surface area (Å²) in [5.74, 6) is 0.129. The highest BCUT2D eigenvalue weighted by Crippen LogP contribution is 2.20. The highest BCUT2D eigenvalue weighted by atomic mass is 16.3. The summed E-state index contributed by atoms with van der Waals surface area (Å²) in [6.07, 6.45) is 2.57. The molecule has 1 aromatic carbocycles. The Labute approximate surface area is 102 Å². The molecule has 0 fully saturated rings. The van der Waals surface area contributed by atoms with Gasteiger partial charge in [0.15, 0.2) is 0 Å². The summed E-state index contributed by atoms with van der Waals surface area (Å²) < 4.78 is 0. The smallest absolute Gasteiger partial charge is 0.0503 e. The average molecular weight is 227 g/mol. The predicted octanol–water partition coefficient (Wildman–Crippen LogP) is 2.71. The van der Waals surface area contributed by atoms with Gasteiger partial charge >= 0.3 is 0 Å². The fourth-order valence-corrected chi connectivity index (χ4v) is 1.98. The maximum atomic E-state index is 9.50. The zero-order valence-corrected chi connectivity index (χ0v) is 10.0. The Morgan fingerprint density at radius 1 is 1.18 bits per heavy atom. The molecule has 1 atom stereocenters. The number of aliphatic hydroxyl groups is 1. The van der Waals surface area contributed by atoms with E-state index in [1.54, 1.807) is 6.20 Å². The lowest BCUT2D eigenvalue weighted by molar-refractivity contribution is 0.264. The fraction of sp³-hybridized carbons (Fsp3) is 0.267. The molecule has 0 amide bonds. The summed E-state index contributed by atoms with van der Waals surface area (Å²) in [7, 11) is 0. The Hall–Kier alpha value is -1.67. The van der Waals surface area contributed by atoms with Crippen molar-refractivity contribution in [1.82, 2.24) is 4.98 Å². The molecule has 1 unspecified atom stereocenters. The number of nitrogens with zero attached hydrogens (tertiary/aromatic N) is 1. The van der Waals surface area contributed by atoms with Crippen LogP contribution < -0.4 is 0 Å². The molecular formula is C15H17NO. The number of aliphatic hydroxyl groups excluding tert-OH is 1. The largest absolute Gasteiger partial charge is 0.396 e. The van der Waals surface area contributed by atoms with Crippen molar-refractivity contribution in [3.8, 4) is 0 Å². The first kappa shape index (κ1) is 11.8. The number of benzene rings is 1. The molecule has 1 aromatic heterocycles. The Morgan fingerprint density at radius 3 is 2.71 bits per heavy atom. The van der Waals surface area contributed by atoms with Crippen LogP contribution >= 0.6 is 0 Å². The van der Waals surface area contributed by atoms with Crippen LogP contribution in [0, 0.1) is 6.92 Å². The SMILES string of the molecule is Cc1cccc(C(CO)Cc2ccccn2)c1. The topological polar surface area (TPSA) is 33.1 Å². The van der Waals surface area contributed by atoms with Gasteiger partial charge in [0.25, 0.3) is 0 Å². The molecule has 0 saturated carbocycles. The second-order valence-electron chi connectivity index (χ2n) is 4.32. The van der Waals surface area contributed by atoms with Crippen molar-refractivity contribution >= 4 is 0 Å². The van der Waals surface area contributed by atoms with E-state index >= 15 is 0 Å².